The minimum absolute atomic E-state index is 0.488. The Morgan fingerprint density at radius 3 is 2.75 bits per heavy atom. The van der Waals surface area contributed by atoms with E-state index in [2.05, 4.69) is 65.6 Å². The second kappa shape index (κ2) is 7.34. The number of aliphatic imine (C=N–C) groups is 1. The van der Waals surface area contributed by atoms with Crippen LogP contribution in [0.4, 0.5) is 0 Å². The number of thiazole rings is 1. The predicted molar refractivity (Wildman–Crippen MR) is 102 cm³/mol. The highest BCUT2D eigenvalue weighted by Gasteiger charge is 2.39. The number of aromatic nitrogens is 1. The molecule has 1 saturated carbocycles. The molecule has 0 radical (unpaired) electrons. The largest absolute Gasteiger partial charge is 0.356 e. The maximum absolute atomic E-state index is 4.59. The fraction of sp³-hybridized carbons (Fsp3) is 0.474. The standard InChI is InChI=1S/C19H26N4S/c1-12-7-5-6-8-15(12)16-11-17(16)23-19(20-4)21-10-9-18-22-13(2)14(3)24-18/h5-8,16-17H,9-11H2,1-4H3,(H2,20,21,23). The molecule has 2 atom stereocenters. The van der Waals surface area contributed by atoms with Crippen LogP contribution in [0.25, 0.3) is 0 Å². The summed E-state index contributed by atoms with van der Waals surface area (Å²) in [5.74, 6) is 1.50. The quantitative estimate of drug-likeness (QED) is 0.647. The molecule has 0 saturated heterocycles. The van der Waals surface area contributed by atoms with Crippen LogP contribution in [0.5, 0.6) is 0 Å². The fourth-order valence-corrected chi connectivity index (χ4v) is 3.94. The lowest BCUT2D eigenvalue weighted by Crippen LogP contribution is -2.39. The summed E-state index contributed by atoms with van der Waals surface area (Å²) in [6, 6.07) is 9.15. The SMILES string of the molecule is CN=C(NCCc1nc(C)c(C)s1)NC1CC1c1ccccc1C. The predicted octanol–water partition coefficient (Wildman–Crippen LogP) is 3.33. The molecule has 4 nitrogen and oxygen atoms in total. The van der Waals surface area contributed by atoms with E-state index in [4.69, 9.17) is 0 Å². The van der Waals surface area contributed by atoms with Gasteiger partial charge in [0.1, 0.15) is 0 Å². The van der Waals surface area contributed by atoms with Crippen LogP contribution in [0.2, 0.25) is 0 Å². The van der Waals surface area contributed by atoms with Crippen LogP contribution in [0.15, 0.2) is 29.3 Å². The molecule has 1 aromatic carbocycles. The lowest BCUT2D eigenvalue weighted by atomic mass is 10.0. The van der Waals surface area contributed by atoms with Crippen LogP contribution in [0, 0.1) is 20.8 Å². The summed E-state index contributed by atoms with van der Waals surface area (Å²) in [7, 11) is 1.83. The maximum atomic E-state index is 4.59. The number of nitrogens with zero attached hydrogens (tertiary/aromatic N) is 2. The van der Waals surface area contributed by atoms with Crippen molar-refractivity contribution < 1.29 is 0 Å². The van der Waals surface area contributed by atoms with E-state index >= 15 is 0 Å². The third-order valence-corrected chi connectivity index (χ3v) is 5.76. The Labute approximate surface area is 148 Å². The first-order valence-corrected chi connectivity index (χ1v) is 9.35. The van der Waals surface area contributed by atoms with Crippen molar-refractivity contribution in [3.63, 3.8) is 0 Å². The van der Waals surface area contributed by atoms with Gasteiger partial charge >= 0.3 is 0 Å². The van der Waals surface area contributed by atoms with Gasteiger partial charge in [0, 0.05) is 36.9 Å². The average Bonchev–Trinajstić information content (AvgIpc) is 3.25. The smallest absolute Gasteiger partial charge is 0.191 e. The summed E-state index contributed by atoms with van der Waals surface area (Å²) in [5.41, 5.74) is 3.99. The minimum Gasteiger partial charge on any atom is -0.356 e. The Morgan fingerprint density at radius 1 is 1.29 bits per heavy atom. The summed E-state index contributed by atoms with van der Waals surface area (Å²) >= 11 is 1.79. The highest BCUT2D eigenvalue weighted by atomic mass is 32.1. The molecule has 5 heteroatoms. The molecule has 2 N–H and O–H groups in total. The van der Waals surface area contributed by atoms with Crippen LogP contribution in [-0.4, -0.2) is 30.6 Å². The molecule has 1 aliphatic carbocycles. The van der Waals surface area contributed by atoms with E-state index < -0.39 is 0 Å². The van der Waals surface area contributed by atoms with Gasteiger partial charge in [-0.1, -0.05) is 24.3 Å². The summed E-state index contributed by atoms with van der Waals surface area (Å²) in [6.07, 6.45) is 2.11. The van der Waals surface area contributed by atoms with Gasteiger partial charge in [0.05, 0.1) is 10.7 Å². The molecule has 3 rings (SSSR count). The monoisotopic (exact) mass is 342 g/mol. The van der Waals surface area contributed by atoms with Crippen LogP contribution < -0.4 is 10.6 Å². The number of guanidine groups is 1. The second-order valence-electron chi connectivity index (χ2n) is 6.45. The van der Waals surface area contributed by atoms with Gasteiger partial charge in [-0.3, -0.25) is 4.99 Å². The molecule has 0 aliphatic heterocycles. The van der Waals surface area contributed by atoms with Gasteiger partial charge in [0.2, 0.25) is 0 Å². The zero-order valence-electron chi connectivity index (χ0n) is 14.9. The number of hydrogen-bond acceptors (Lipinski definition) is 3. The maximum Gasteiger partial charge on any atom is 0.191 e. The summed E-state index contributed by atoms with van der Waals surface area (Å²) in [6.45, 7) is 7.24. The van der Waals surface area contributed by atoms with Gasteiger partial charge in [-0.05, 0) is 38.3 Å². The number of hydrogen-bond donors (Lipinski definition) is 2. The number of nitrogens with one attached hydrogen (secondary N) is 2. The van der Waals surface area contributed by atoms with Gasteiger partial charge in [-0.2, -0.15) is 0 Å². The normalized spacial score (nSPS) is 20.1. The first-order chi connectivity index (χ1) is 11.6. The molecule has 0 spiro atoms. The summed E-state index contributed by atoms with van der Waals surface area (Å²) < 4.78 is 0. The van der Waals surface area contributed by atoms with E-state index in [1.165, 1.54) is 27.4 Å². The van der Waals surface area contributed by atoms with Gasteiger partial charge < -0.3 is 10.6 Å². The van der Waals surface area contributed by atoms with Crippen molar-refractivity contribution in [3.05, 3.63) is 51.0 Å². The van der Waals surface area contributed by atoms with Crippen molar-refractivity contribution in [2.45, 2.75) is 45.6 Å². The molecule has 2 unspecified atom stereocenters. The van der Waals surface area contributed by atoms with E-state index in [1.54, 1.807) is 11.3 Å². The Bertz CT molecular complexity index is 715. The highest BCUT2D eigenvalue weighted by molar-refractivity contribution is 7.11. The van der Waals surface area contributed by atoms with Crippen molar-refractivity contribution in [1.29, 1.82) is 0 Å². The average molecular weight is 343 g/mol. The first-order valence-electron chi connectivity index (χ1n) is 8.54. The lowest BCUT2D eigenvalue weighted by molar-refractivity contribution is 0.776. The molecule has 1 heterocycles. The summed E-state index contributed by atoms with van der Waals surface area (Å²) in [4.78, 5) is 10.2. The van der Waals surface area contributed by atoms with Crippen molar-refractivity contribution >= 4 is 17.3 Å². The van der Waals surface area contributed by atoms with Crippen LogP contribution in [0.1, 0.15) is 39.0 Å². The molecular weight excluding hydrogens is 316 g/mol. The molecule has 128 valence electrons. The first kappa shape index (κ1) is 17.0. The van der Waals surface area contributed by atoms with Crippen molar-refractivity contribution in [2.24, 2.45) is 4.99 Å². The number of rotatable bonds is 5. The summed E-state index contributed by atoms with van der Waals surface area (Å²) in [5, 5.41) is 8.14. The third-order valence-electron chi connectivity index (χ3n) is 4.63. The molecular formula is C19H26N4S. The number of aryl methyl sites for hydroxylation is 3. The fourth-order valence-electron chi connectivity index (χ4n) is 3.01. The minimum atomic E-state index is 0.488. The Hall–Kier alpha value is -1.88. The van der Waals surface area contributed by atoms with Crippen LogP contribution >= 0.6 is 11.3 Å². The van der Waals surface area contributed by atoms with Gasteiger partial charge in [0.25, 0.3) is 0 Å². The van der Waals surface area contributed by atoms with E-state index in [0.717, 1.165) is 24.6 Å². The van der Waals surface area contributed by atoms with Gasteiger partial charge in [-0.25, -0.2) is 4.98 Å². The zero-order valence-corrected chi connectivity index (χ0v) is 15.7. The Morgan fingerprint density at radius 2 is 2.08 bits per heavy atom. The number of benzene rings is 1. The van der Waals surface area contributed by atoms with E-state index in [-0.39, 0.29) is 0 Å². The second-order valence-corrected chi connectivity index (χ2v) is 7.74. The van der Waals surface area contributed by atoms with Crippen molar-refractivity contribution in [3.8, 4) is 0 Å². The highest BCUT2D eigenvalue weighted by Crippen LogP contribution is 2.41. The molecule has 1 aliphatic rings. The Kier molecular flexibility index (Phi) is 5.19. The molecule has 1 fully saturated rings. The molecule has 1 aromatic heterocycles. The zero-order chi connectivity index (χ0) is 17.1. The third kappa shape index (κ3) is 3.96. The van der Waals surface area contributed by atoms with Crippen molar-refractivity contribution in [1.82, 2.24) is 15.6 Å². The topological polar surface area (TPSA) is 49.3 Å². The van der Waals surface area contributed by atoms with E-state index in [9.17, 15) is 0 Å². The Balaban J connectivity index is 1.47. The van der Waals surface area contributed by atoms with Gasteiger partial charge in [-0.15, -0.1) is 11.3 Å². The van der Waals surface area contributed by atoms with Crippen molar-refractivity contribution in [2.75, 3.05) is 13.6 Å². The van der Waals surface area contributed by atoms with E-state index in [0.29, 0.717) is 12.0 Å². The van der Waals surface area contributed by atoms with Crippen LogP contribution in [0.3, 0.4) is 0 Å². The van der Waals surface area contributed by atoms with E-state index in [1.807, 2.05) is 7.05 Å². The molecule has 0 amide bonds. The molecule has 2 aromatic rings. The van der Waals surface area contributed by atoms with Gasteiger partial charge in [0.15, 0.2) is 5.96 Å². The molecule has 0 bridgehead atoms. The lowest BCUT2D eigenvalue weighted by Gasteiger charge is -2.12. The van der Waals surface area contributed by atoms with Crippen LogP contribution in [-0.2, 0) is 6.42 Å². The molecule has 24 heavy (non-hydrogen) atoms.